The molecular weight excluding hydrogens is 330 g/mol. The van der Waals surface area contributed by atoms with Crippen LogP contribution < -0.4 is 15.1 Å². The zero-order chi connectivity index (χ0) is 18.7. The number of hydrazone groups is 1. The quantitative estimate of drug-likeness (QED) is 0.679. The van der Waals surface area contributed by atoms with Crippen LogP contribution in [0.5, 0.6) is 5.75 Å². The van der Waals surface area contributed by atoms with E-state index in [2.05, 4.69) is 23.5 Å². The molecule has 0 aliphatic carbocycles. The van der Waals surface area contributed by atoms with Gasteiger partial charge in [-0.05, 0) is 61.2 Å². The van der Waals surface area contributed by atoms with Gasteiger partial charge in [-0.3, -0.25) is 14.5 Å². The van der Waals surface area contributed by atoms with E-state index in [0.717, 1.165) is 11.1 Å². The minimum Gasteiger partial charge on any atom is -0.482 e. The highest BCUT2D eigenvalue weighted by Crippen LogP contribution is 2.31. The second kappa shape index (κ2) is 7.39. The summed E-state index contributed by atoms with van der Waals surface area (Å²) in [5.74, 6) is -0.0326. The van der Waals surface area contributed by atoms with Crippen molar-refractivity contribution in [3.05, 3.63) is 58.7 Å². The van der Waals surface area contributed by atoms with E-state index in [1.807, 2.05) is 26.0 Å². The van der Waals surface area contributed by atoms with Gasteiger partial charge in [0.05, 0.1) is 11.9 Å². The third-order valence-corrected chi connectivity index (χ3v) is 4.39. The molecule has 6 nitrogen and oxygen atoms in total. The number of benzene rings is 2. The molecule has 2 aromatic rings. The first-order valence-corrected chi connectivity index (χ1v) is 8.37. The number of aryl methyl sites for hydroxylation is 3. The Hall–Kier alpha value is -3.15. The molecule has 0 saturated carbocycles. The molecule has 1 aliphatic rings. The monoisotopic (exact) mass is 351 g/mol. The normalized spacial score (nSPS) is 13.5. The summed E-state index contributed by atoms with van der Waals surface area (Å²) < 4.78 is 5.37. The molecule has 26 heavy (non-hydrogen) atoms. The number of para-hydroxylation sites is 2. The fourth-order valence-electron chi connectivity index (χ4n) is 2.80. The number of fused-ring (bicyclic) bond motifs is 1. The number of hydrogen-bond donors (Lipinski definition) is 1. The Morgan fingerprint density at radius 1 is 1.19 bits per heavy atom. The number of amides is 2. The number of anilines is 1. The summed E-state index contributed by atoms with van der Waals surface area (Å²) in [6.07, 6.45) is 1.62. The Morgan fingerprint density at radius 3 is 2.73 bits per heavy atom. The van der Waals surface area contributed by atoms with Crippen LogP contribution in [0, 0.1) is 20.8 Å². The number of carbonyl (C=O) groups excluding carboxylic acids is 2. The lowest BCUT2D eigenvalue weighted by Gasteiger charge is -2.28. The zero-order valence-corrected chi connectivity index (χ0v) is 15.1. The van der Waals surface area contributed by atoms with Crippen LogP contribution in [-0.2, 0) is 9.59 Å². The fraction of sp³-hybridized carbons (Fsp3) is 0.250. The molecule has 2 amide bonds. The molecule has 1 heterocycles. The number of ether oxygens (including phenoxy) is 1. The Morgan fingerprint density at radius 2 is 1.92 bits per heavy atom. The van der Waals surface area contributed by atoms with Crippen molar-refractivity contribution in [1.82, 2.24) is 5.43 Å². The standard InChI is InChI=1S/C20H21N3O3/c1-13-8-15(3)16(9-14(13)2)10-21-22-19(24)11-23-17-6-4-5-7-18(17)26-12-20(23)25/h4-10H,11-12H2,1-3H3,(H,22,24)/b21-10-. The van der Waals surface area contributed by atoms with Gasteiger partial charge in [0.2, 0.25) is 0 Å². The molecule has 0 radical (unpaired) electrons. The average Bonchev–Trinajstić information content (AvgIpc) is 2.62. The molecule has 0 fully saturated rings. The van der Waals surface area contributed by atoms with E-state index in [4.69, 9.17) is 4.74 Å². The van der Waals surface area contributed by atoms with Crippen LogP contribution in [0.2, 0.25) is 0 Å². The average molecular weight is 351 g/mol. The zero-order valence-electron chi connectivity index (χ0n) is 15.1. The van der Waals surface area contributed by atoms with E-state index in [9.17, 15) is 9.59 Å². The largest absolute Gasteiger partial charge is 0.482 e. The molecule has 0 saturated heterocycles. The lowest BCUT2D eigenvalue weighted by molar-refractivity contribution is -0.125. The van der Waals surface area contributed by atoms with Gasteiger partial charge in [-0.2, -0.15) is 5.10 Å². The minimum atomic E-state index is -0.368. The molecule has 3 rings (SSSR count). The van der Waals surface area contributed by atoms with Gasteiger partial charge in [-0.25, -0.2) is 5.43 Å². The van der Waals surface area contributed by atoms with Gasteiger partial charge in [0.25, 0.3) is 11.8 Å². The van der Waals surface area contributed by atoms with Crippen molar-refractivity contribution < 1.29 is 14.3 Å². The fourth-order valence-corrected chi connectivity index (χ4v) is 2.80. The highest BCUT2D eigenvalue weighted by molar-refractivity contribution is 6.02. The first kappa shape index (κ1) is 17.7. The maximum Gasteiger partial charge on any atom is 0.265 e. The first-order chi connectivity index (χ1) is 12.5. The number of hydrogen-bond acceptors (Lipinski definition) is 4. The van der Waals surface area contributed by atoms with Gasteiger partial charge in [-0.1, -0.05) is 18.2 Å². The van der Waals surface area contributed by atoms with Gasteiger partial charge in [0.1, 0.15) is 12.3 Å². The summed E-state index contributed by atoms with van der Waals surface area (Å²) in [6, 6.07) is 11.3. The molecular formula is C20H21N3O3. The lowest BCUT2D eigenvalue weighted by Crippen LogP contribution is -2.44. The number of nitrogens with one attached hydrogen (secondary N) is 1. The van der Waals surface area contributed by atoms with E-state index in [-0.39, 0.29) is 25.0 Å². The summed E-state index contributed by atoms with van der Waals surface area (Å²) in [5.41, 5.74) is 7.49. The van der Waals surface area contributed by atoms with Crippen molar-refractivity contribution in [2.45, 2.75) is 20.8 Å². The summed E-state index contributed by atoms with van der Waals surface area (Å²) in [5, 5.41) is 4.03. The van der Waals surface area contributed by atoms with Gasteiger partial charge in [0.15, 0.2) is 6.61 Å². The predicted octanol–water partition coefficient (Wildman–Crippen LogP) is 2.49. The van der Waals surface area contributed by atoms with E-state index < -0.39 is 0 Å². The molecule has 0 aromatic heterocycles. The molecule has 0 atom stereocenters. The van der Waals surface area contributed by atoms with E-state index >= 15 is 0 Å². The van der Waals surface area contributed by atoms with Crippen LogP contribution >= 0.6 is 0 Å². The summed E-state index contributed by atoms with van der Waals surface area (Å²) in [7, 11) is 0. The van der Waals surface area contributed by atoms with Crippen molar-refractivity contribution >= 4 is 23.7 Å². The van der Waals surface area contributed by atoms with Crippen molar-refractivity contribution in [2.75, 3.05) is 18.1 Å². The highest BCUT2D eigenvalue weighted by Gasteiger charge is 2.26. The number of nitrogens with zero attached hydrogens (tertiary/aromatic N) is 2. The maximum atomic E-state index is 12.2. The predicted molar refractivity (Wildman–Crippen MR) is 101 cm³/mol. The first-order valence-electron chi connectivity index (χ1n) is 8.37. The van der Waals surface area contributed by atoms with E-state index in [1.165, 1.54) is 16.0 Å². The molecule has 0 bridgehead atoms. The van der Waals surface area contributed by atoms with Crippen molar-refractivity contribution in [2.24, 2.45) is 5.10 Å². The summed E-state index contributed by atoms with van der Waals surface area (Å²) in [6.45, 7) is 5.91. The van der Waals surface area contributed by atoms with Crippen molar-refractivity contribution in [3.8, 4) is 5.75 Å². The molecule has 0 spiro atoms. The number of rotatable bonds is 4. The summed E-state index contributed by atoms with van der Waals surface area (Å²) in [4.78, 5) is 25.7. The molecule has 0 unspecified atom stereocenters. The SMILES string of the molecule is Cc1cc(C)c(/C=N\NC(=O)CN2C(=O)COc3ccccc32)cc1C. The lowest BCUT2D eigenvalue weighted by atomic mass is 10.0. The third kappa shape index (κ3) is 3.74. The van der Waals surface area contributed by atoms with Gasteiger partial charge < -0.3 is 4.74 Å². The summed E-state index contributed by atoms with van der Waals surface area (Å²) >= 11 is 0. The highest BCUT2D eigenvalue weighted by atomic mass is 16.5. The molecule has 1 aliphatic heterocycles. The van der Waals surface area contributed by atoms with Crippen LogP contribution in [0.3, 0.4) is 0 Å². The van der Waals surface area contributed by atoms with Crippen LogP contribution in [0.15, 0.2) is 41.5 Å². The number of carbonyl (C=O) groups is 2. The van der Waals surface area contributed by atoms with Crippen LogP contribution in [0.1, 0.15) is 22.3 Å². The van der Waals surface area contributed by atoms with Crippen LogP contribution in [-0.4, -0.2) is 31.2 Å². The Balaban J connectivity index is 1.66. The second-order valence-corrected chi connectivity index (χ2v) is 6.32. The minimum absolute atomic E-state index is 0.0740. The second-order valence-electron chi connectivity index (χ2n) is 6.32. The topological polar surface area (TPSA) is 71.0 Å². The van der Waals surface area contributed by atoms with E-state index in [1.54, 1.807) is 24.4 Å². The maximum absolute atomic E-state index is 12.2. The Kier molecular flexibility index (Phi) is 5.02. The van der Waals surface area contributed by atoms with Crippen molar-refractivity contribution in [1.29, 1.82) is 0 Å². The third-order valence-electron chi connectivity index (χ3n) is 4.39. The molecule has 2 aromatic carbocycles. The van der Waals surface area contributed by atoms with Crippen LogP contribution in [0.25, 0.3) is 0 Å². The van der Waals surface area contributed by atoms with Gasteiger partial charge in [-0.15, -0.1) is 0 Å². The van der Waals surface area contributed by atoms with Crippen LogP contribution in [0.4, 0.5) is 5.69 Å². The van der Waals surface area contributed by atoms with E-state index in [0.29, 0.717) is 11.4 Å². The van der Waals surface area contributed by atoms with Gasteiger partial charge in [0, 0.05) is 0 Å². The smallest absolute Gasteiger partial charge is 0.265 e. The Labute approximate surface area is 152 Å². The molecule has 134 valence electrons. The molecule has 6 heteroatoms. The van der Waals surface area contributed by atoms with Crippen molar-refractivity contribution in [3.63, 3.8) is 0 Å². The molecule has 1 N–H and O–H groups in total. The van der Waals surface area contributed by atoms with Gasteiger partial charge >= 0.3 is 0 Å². The Bertz CT molecular complexity index is 890.